The zero-order valence-corrected chi connectivity index (χ0v) is 48.1. The van der Waals surface area contributed by atoms with E-state index in [1.165, 1.54) is 72.8 Å². The molecule has 0 aliphatic carbocycles. The summed E-state index contributed by atoms with van der Waals surface area (Å²) in [6.07, 6.45) is -0.358. The number of ether oxygens (including phenoxy) is 6. The second-order valence-electron chi connectivity index (χ2n) is 22.2. The molecule has 3 aliphatic rings. The number of hydrogen-bond donors (Lipinski definition) is 1. The summed E-state index contributed by atoms with van der Waals surface area (Å²) < 4.78 is 99.9. The normalized spacial score (nSPS) is 14.8. The van der Waals surface area contributed by atoms with Gasteiger partial charge in [-0.2, -0.15) is 0 Å². The van der Waals surface area contributed by atoms with Crippen molar-refractivity contribution in [1.82, 2.24) is 15.1 Å². The number of imide groups is 2. The first-order valence-corrected chi connectivity index (χ1v) is 29.1. The van der Waals surface area contributed by atoms with E-state index in [-0.39, 0.29) is 143 Å². The minimum Gasteiger partial charge on any atom is -0.464 e. The minimum absolute atomic E-state index is 0.0380. The fraction of sp³-hybridized carbons (Fsp3) is 0.125. The van der Waals surface area contributed by atoms with E-state index in [0.29, 0.717) is 24.0 Å². The summed E-state index contributed by atoms with van der Waals surface area (Å²) in [6, 6.07) is 39.1. The average Bonchev–Trinajstić information content (AvgIpc) is 0.840. The number of aldehydes is 1. The second kappa shape index (κ2) is 23.8. The van der Waals surface area contributed by atoms with Gasteiger partial charge in [-0.25, -0.2) is 22.4 Å². The van der Waals surface area contributed by atoms with Gasteiger partial charge in [-0.05, 0) is 83.9 Å². The molecule has 11 aromatic carbocycles. The lowest BCUT2D eigenvalue weighted by atomic mass is 9.80. The Morgan fingerprint density at radius 2 is 0.848 bits per heavy atom. The number of nitrogens with zero attached hydrogens (tertiary/aromatic N) is 2. The van der Waals surface area contributed by atoms with Crippen molar-refractivity contribution in [2.45, 2.75) is 37.5 Å². The molecule has 92 heavy (non-hydrogen) atoms. The Kier molecular flexibility index (Phi) is 15.0. The third-order valence-electron chi connectivity index (χ3n) is 16.2. The third-order valence-corrected chi connectivity index (χ3v) is 16.2. The van der Waals surface area contributed by atoms with E-state index >= 15 is 36.7 Å². The van der Waals surface area contributed by atoms with Gasteiger partial charge >= 0.3 is 5.97 Å². The van der Waals surface area contributed by atoms with Gasteiger partial charge in [-0.1, -0.05) is 84.9 Å². The molecule has 5 amide bonds. The number of rotatable bonds is 21. The average molecular weight is 1240 g/mol. The van der Waals surface area contributed by atoms with Crippen LogP contribution in [0.1, 0.15) is 59.0 Å². The minimum atomic E-state index is -1.73. The molecule has 14 rings (SSSR count). The molecular formula is C72H47F4N3O13. The van der Waals surface area contributed by atoms with Crippen LogP contribution in [0.2, 0.25) is 0 Å². The first-order valence-electron chi connectivity index (χ1n) is 29.1. The van der Waals surface area contributed by atoms with Crippen LogP contribution in [0.3, 0.4) is 0 Å². The lowest BCUT2D eigenvalue weighted by Crippen LogP contribution is -2.52. The van der Waals surface area contributed by atoms with E-state index in [1.807, 2.05) is 0 Å². The molecule has 1 saturated heterocycles. The molecule has 11 aromatic rings. The van der Waals surface area contributed by atoms with Gasteiger partial charge in [0.1, 0.15) is 88.2 Å². The number of carbonyl (C=O) groups is 7. The molecule has 1 fully saturated rings. The van der Waals surface area contributed by atoms with Crippen molar-refractivity contribution in [3.8, 4) is 46.0 Å². The molecule has 16 nitrogen and oxygen atoms in total. The fourth-order valence-electron chi connectivity index (χ4n) is 12.1. The number of halogens is 4. The zero-order valence-electron chi connectivity index (χ0n) is 48.1. The van der Waals surface area contributed by atoms with Crippen LogP contribution in [-0.4, -0.2) is 89.5 Å². The topological polar surface area (TPSA) is 197 Å². The van der Waals surface area contributed by atoms with Crippen LogP contribution in [0.5, 0.6) is 46.0 Å². The molecule has 0 saturated carbocycles. The number of benzene rings is 11. The smallest absolute Gasteiger partial charge is 0.329 e. The highest BCUT2D eigenvalue weighted by atomic mass is 19.1. The summed E-state index contributed by atoms with van der Waals surface area (Å²) in [4.78, 5) is 106. The van der Waals surface area contributed by atoms with Crippen molar-refractivity contribution in [1.29, 1.82) is 0 Å². The lowest BCUT2D eigenvalue weighted by molar-refractivity contribution is -0.149. The number of epoxide rings is 1. The van der Waals surface area contributed by atoms with E-state index in [1.54, 1.807) is 60.7 Å². The van der Waals surface area contributed by atoms with Gasteiger partial charge in [0.05, 0.1) is 47.4 Å². The molecule has 3 heterocycles. The lowest BCUT2D eigenvalue weighted by Gasteiger charge is -2.35. The van der Waals surface area contributed by atoms with Gasteiger partial charge in [0.2, 0.25) is 5.91 Å². The maximum Gasteiger partial charge on any atom is 0.329 e. The van der Waals surface area contributed by atoms with Gasteiger partial charge < -0.3 is 38.5 Å². The summed E-state index contributed by atoms with van der Waals surface area (Å²) >= 11 is 0. The summed E-state index contributed by atoms with van der Waals surface area (Å²) in [5, 5.41) is 2.20. The van der Waals surface area contributed by atoms with Gasteiger partial charge in [0.15, 0.2) is 0 Å². The number of esters is 1. The largest absolute Gasteiger partial charge is 0.464 e. The van der Waals surface area contributed by atoms with E-state index in [0.717, 1.165) is 58.3 Å². The molecule has 3 atom stereocenters. The summed E-state index contributed by atoms with van der Waals surface area (Å²) in [6.45, 7) is 0.271. The number of nitrogens with one attached hydrogen (secondary N) is 1. The van der Waals surface area contributed by atoms with Crippen LogP contribution in [0, 0.1) is 23.3 Å². The standard InChI is InChI=1S/C72H47F4N3O13/c73-40-15-7-19-45(27-40)89-55-31-50-60-51(69(83)78(68(50)82)44(36-80)25-38-11-3-1-4-12-38)32-56(90-46-20-8-16-41(74)28-46)63-65-58(92-48-22-10-18-43(76)30-48)34-53-61-52(33-57(64(67(61)65)62(55)66(60)63)91-47-21-9-17-42(75)29-47)70(84)79(71(53)85)54(26-39-13-5-2-6-14-39)72(86)87-24-23-59(81)77-35-49-37-88-49/h1-22,27-34,36,44,49,54H,23-26,35,37H2,(H,77,81). The Bertz CT molecular complexity index is 4670. The van der Waals surface area contributed by atoms with Crippen LogP contribution in [0.15, 0.2) is 182 Å². The van der Waals surface area contributed by atoms with Gasteiger partial charge in [0, 0.05) is 86.7 Å². The Hall–Kier alpha value is -11.5. The first kappa shape index (κ1) is 58.2. The molecule has 0 bridgehead atoms. The van der Waals surface area contributed by atoms with Crippen molar-refractivity contribution in [2.75, 3.05) is 19.8 Å². The van der Waals surface area contributed by atoms with Gasteiger partial charge in [0.25, 0.3) is 23.6 Å². The van der Waals surface area contributed by atoms with Gasteiger partial charge in [-0.3, -0.25) is 33.8 Å². The predicted octanol–water partition coefficient (Wildman–Crippen LogP) is 13.5. The number of carbonyl (C=O) groups excluding carboxylic acids is 7. The molecular weight excluding hydrogens is 1190 g/mol. The molecule has 1 N–H and O–H groups in total. The van der Waals surface area contributed by atoms with Crippen molar-refractivity contribution in [3.63, 3.8) is 0 Å². The van der Waals surface area contributed by atoms with E-state index in [2.05, 4.69) is 5.32 Å². The summed E-state index contributed by atoms with van der Waals surface area (Å²) in [7, 11) is 0. The highest BCUT2D eigenvalue weighted by molar-refractivity contribution is 6.45. The monoisotopic (exact) mass is 1240 g/mol. The van der Waals surface area contributed by atoms with Crippen LogP contribution in [0.4, 0.5) is 17.6 Å². The van der Waals surface area contributed by atoms with Crippen molar-refractivity contribution in [3.05, 3.63) is 239 Å². The summed E-state index contributed by atoms with van der Waals surface area (Å²) in [5.41, 5.74) is 0.0771. The van der Waals surface area contributed by atoms with Crippen molar-refractivity contribution < 1.29 is 79.5 Å². The number of hydrogen-bond acceptors (Lipinski definition) is 13. The number of amides is 5. The fourth-order valence-corrected chi connectivity index (χ4v) is 12.1. The predicted molar refractivity (Wildman–Crippen MR) is 327 cm³/mol. The Balaban J connectivity index is 1.10. The third kappa shape index (κ3) is 10.8. The van der Waals surface area contributed by atoms with Crippen LogP contribution in [-0.2, 0) is 36.7 Å². The Morgan fingerprint density at radius 3 is 1.21 bits per heavy atom. The molecule has 0 spiro atoms. The second-order valence-corrected chi connectivity index (χ2v) is 22.2. The first-order chi connectivity index (χ1) is 44.7. The maximum absolute atomic E-state index is 16.0. The highest BCUT2D eigenvalue weighted by Gasteiger charge is 2.46. The van der Waals surface area contributed by atoms with E-state index < -0.39 is 77.5 Å². The van der Waals surface area contributed by atoms with E-state index in [4.69, 9.17) is 28.4 Å². The SMILES string of the molecule is O=CC(Cc1ccccc1)N1C(=O)c2cc(Oc3cccc(F)c3)c3c4c(Oc5cccc(F)c5)cc5c6c(cc(Oc7cccc(F)c7)c(c7c(Oc8cccc(F)c8)cc(c2c37)C1=O)c64)C(=O)N(C(Cc1ccccc1)C(=O)OCCC(=O)NCC1CO1)C5=O. The van der Waals surface area contributed by atoms with Gasteiger partial charge in [-0.15, -0.1) is 0 Å². The van der Waals surface area contributed by atoms with Crippen molar-refractivity contribution in [2.24, 2.45) is 0 Å². The molecule has 3 aliphatic heterocycles. The maximum atomic E-state index is 16.0. The quantitative estimate of drug-likeness (QED) is 0.0136. The van der Waals surface area contributed by atoms with Crippen LogP contribution in [0.25, 0.3) is 43.1 Å². The molecule has 20 heteroatoms. The Morgan fingerprint density at radius 1 is 0.478 bits per heavy atom. The van der Waals surface area contributed by atoms with Crippen LogP contribution >= 0.6 is 0 Å². The summed E-state index contributed by atoms with van der Waals surface area (Å²) in [5.74, 6) is -10.2. The van der Waals surface area contributed by atoms with E-state index in [9.17, 15) is 14.4 Å². The molecule has 0 aromatic heterocycles. The van der Waals surface area contributed by atoms with Crippen molar-refractivity contribution >= 4 is 84.9 Å². The zero-order chi connectivity index (χ0) is 63.5. The molecule has 0 radical (unpaired) electrons. The Labute approximate surface area is 519 Å². The van der Waals surface area contributed by atoms with Crippen LogP contribution < -0.4 is 24.3 Å². The highest BCUT2D eigenvalue weighted by Crippen LogP contribution is 2.58. The molecule has 456 valence electrons. The molecule has 3 unspecified atom stereocenters. The number of fused-ring (bicyclic) bond motifs is 2.